The van der Waals surface area contributed by atoms with E-state index in [0.29, 0.717) is 32.6 Å². The minimum Gasteiger partial charge on any atom is -0.391 e. The Morgan fingerprint density at radius 2 is 2.17 bits per heavy atom. The van der Waals surface area contributed by atoms with Crippen LogP contribution >= 0.6 is 0 Å². The van der Waals surface area contributed by atoms with Gasteiger partial charge in [-0.1, -0.05) is 35.5 Å². The van der Waals surface area contributed by atoms with Gasteiger partial charge in [0, 0.05) is 38.0 Å². The van der Waals surface area contributed by atoms with Gasteiger partial charge in [-0.3, -0.25) is 9.69 Å². The maximum Gasteiger partial charge on any atom is 0.234 e. The number of carbonyl (C=O) groups is 1. The molecule has 2 aromatic rings. The molecule has 6 nitrogen and oxygen atoms in total. The van der Waals surface area contributed by atoms with Crippen LogP contribution in [0, 0.1) is 12.8 Å². The fourth-order valence-electron chi connectivity index (χ4n) is 3.10. The number of benzene rings is 1. The lowest BCUT2D eigenvalue weighted by molar-refractivity contribution is -0.122. The van der Waals surface area contributed by atoms with Gasteiger partial charge >= 0.3 is 0 Å². The van der Waals surface area contributed by atoms with Crippen molar-refractivity contribution in [1.29, 1.82) is 0 Å². The van der Waals surface area contributed by atoms with Crippen molar-refractivity contribution in [1.82, 2.24) is 15.4 Å². The molecule has 1 aromatic carbocycles. The van der Waals surface area contributed by atoms with Crippen LogP contribution < -0.4 is 5.32 Å². The maximum absolute atomic E-state index is 12.1. The number of carbonyl (C=O) groups excluding carboxylic acids is 1. The number of nitrogens with one attached hydrogen (secondary N) is 1. The van der Waals surface area contributed by atoms with Gasteiger partial charge in [0.15, 0.2) is 0 Å². The number of nitrogens with zero attached hydrogens (tertiary/aromatic N) is 2. The number of rotatable bonds is 6. The molecule has 2 atom stereocenters. The summed E-state index contributed by atoms with van der Waals surface area (Å²) in [6.07, 6.45) is 0.196. The second kappa shape index (κ2) is 7.59. The highest BCUT2D eigenvalue weighted by atomic mass is 16.5. The molecule has 1 fully saturated rings. The molecular weight excluding hydrogens is 306 g/mol. The molecule has 0 radical (unpaired) electrons. The van der Waals surface area contributed by atoms with E-state index in [2.05, 4.69) is 10.5 Å². The van der Waals surface area contributed by atoms with E-state index in [-0.39, 0.29) is 11.8 Å². The van der Waals surface area contributed by atoms with Crippen molar-refractivity contribution in [2.75, 3.05) is 19.6 Å². The Balaban J connectivity index is 1.45. The van der Waals surface area contributed by atoms with E-state index in [1.165, 1.54) is 0 Å². The summed E-state index contributed by atoms with van der Waals surface area (Å²) in [5.74, 6) is 0.827. The van der Waals surface area contributed by atoms with Crippen molar-refractivity contribution in [2.45, 2.75) is 26.0 Å². The number of aliphatic hydroxyl groups is 1. The normalized spacial score (nSPS) is 21.1. The third-order valence-electron chi connectivity index (χ3n) is 4.32. The molecule has 1 amide bonds. The van der Waals surface area contributed by atoms with Crippen molar-refractivity contribution in [2.24, 2.45) is 5.92 Å². The van der Waals surface area contributed by atoms with Gasteiger partial charge in [-0.25, -0.2) is 0 Å². The Morgan fingerprint density at radius 3 is 2.88 bits per heavy atom. The number of likely N-dealkylation sites (tertiary alicyclic amines) is 1. The van der Waals surface area contributed by atoms with E-state index in [0.717, 1.165) is 17.0 Å². The Bertz CT molecular complexity index is 671. The van der Waals surface area contributed by atoms with Crippen LogP contribution in [0.3, 0.4) is 0 Å². The predicted molar refractivity (Wildman–Crippen MR) is 89.2 cm³/mol. The number of aliphatic hydroxyl groups excluding tert-OH is 1. The Kier molecular flexibility index (Phi) is 5.27. The average molecular weight is 329 g/mol. The highest BCUT2D eigenvalue weighted by Crippen LogP contribution is 2.21. The zero-order valence-electron chi connectivity index (χ0n) is 13.8. The van der Waals surface area contributed by atoms with Gasteiger partial charge in [0.05, 0.1) is 18.3 Å². The molecule has 3 rings (SSSR count). The van der Waals surface area contributed by atoms with Crippen LogP contribution in [0.4, 0.5) is 0 Å². The highest BCUT2D eigenvalue weighted by molar-refractivity contribution is 5.78. The first-order valence-electron chi connectivity index (χ1n) is 8.23. The van der Waals surface area contributed by atoms with Crippen molar-refractivity contribution < 1.29 is 14.4 Å². The van der Waals surface area contributed by atoms with E-state index in [9.17, 15) is 9.90 Å². The number of hydrogen-bond donors (Lipinski definition) is 2. The van der Waals surface area contributed by atoms with Gasteiger partial charge in [0.2, 0.25) is 5.91 Å². The van der Waals surface area contributed by atoms with E-state index in [1.54, 1.807) is 0 Å². The Hall–Kier alpha value is -2.18. The van der Waals surface area contributed by atoms with Crippen molar-refractivity contribution in [3.05, 3.63) is 53.4 Å². The summed E-state index contributed by atoms with van der Waals surface area (Å²) in [6, 6.07) is 11.7. The molecule has 0 bridgehead atoms. The molecule has 1 saturated heterocycles. The second-order valence-corrected chi connectivity index (χ2v) is 6.42. The van der Waals surface area contributed by atoms with Crippen LogP contribution in [0.1, 0.15) is 17.0 Å². The summed E-state index contributed by atoms with van der Waals surface area (Å²) in [4.78, 5) is 14.1. The summed E-state index contributed by atoms with van der Waals surface area (Å²) >= 11 is 0. The topological polar surface area (TPSA) is 78.6 Å². The lowest BCUT2D eigenvalue weighted by Gasteiger charge is -2.15. The Morgan fingerprint density at radius 1 is 1.38 bits per heavy atom. The zero-order valence-corrected chi connectivity index (χ0v) is 13.8. The minimum absolute atomic E-state index is 0.0257. The molecule has 128 valence electrons. The van der Waals surface area contributed by atoms with Crippen LogP contribution in [0.15, 0.2) is 40.9 Å². The van der Waals surface area contributed by atoms with Crippen molar-refractivity contribution in [3.8, 4) is 0 Å². The molecule has 2 heterocycles. The lowest BCUT2D eigenvalue weighted by atomic mass is 10.0. The van der Waals surface area contributed by atoms with Gasteiger partial charge < -0.3 is 14.9 Å². The van der Waals surface area contributed by atoms with E-state index >= 15 is 0 Å². The van der Waals surface area contributed by atoms with Crippen molar-refractivity contribution >= 4 is 5.91 Å². The fourth-order valence-corrected chi connectivity index (χ4v) is 3.10. The summed E-state index contributed by atoms with van der Waals surface area (Å²) in [7, 11) is 0. The van der Waals surface area contributed by atoms with Gasteiger partial charge in [0.25, 0.3) is 0 Å². The van der Waals surface area contributed by atoms with E-state index in [4.69, 9.17) is 4.52 Å². The SMILES string of the molecule is Cc1cc(CC2CN(CC(=O)NCc3ccccc3)CC2O)on1. The number of amides is 1. The summed E-state index contributed by atoms with van der Waals surface area (Å²) in [5, 5.41) is 17.0. The quantitative estimate of drug-likeness (QED) is 0.831. The van der Waals surface area contributed by atoms with Gasteiger partial charge in [-0.2, -0.15) is 0 Å². The van der Waals surface area contributed by atoms with E-state index < -0.39 is 6.10 Å². The van der Waals surface area contributed by atoms with Crippen LogP contribution in [0.5, 0.6) is 0 Å². The smallest absolute Gasteiger partial charge is 0.234 e. The molecule has 1 aliphatic heterocycles. The van der Waals surface area contributed by atoms with Crippen LogP contribution in [0.2, 0.25) is 0 Å². The Labute approximate surface area is 141 Å². The molecule has 1 aliphatic rings. The highest BCUT2D eigenvalue weighted by Gasteiger charge is 2.33. The number of aryl methyl sites for hydroxylation is 1. The molecular formula is C18H23N3O3. The molecule has 0 spiro atoms. The zero-order chi connectivity index (χ0) is 16.9. The largest absolute Gasteiger partial charge is 0.391 e. The maximum atomic E-state index is 12.1. The van der Waals surface area contributed by atoms with Gasteiger partial charge in [-0.05, 0) is 12.5 Å². The first-order chi connectivity index (χ1) is 11.6. The lowest BCUT2D eigenvalue weighted by Crippen LogP contribution is -2.36. The van der Waals surface area contributed by atoms with Gasteiger partial charge in [0.1, 0.15) is 5.76 Å². The minimum atomic E-state index is -0.447. The number of aromatic nitrogens is 1. The first kappa shape index (κ1) is 16.7. The number of hydrogen-bond acceptors (Lipinski definition) is 5. The standard InChI is InChI=1S/C18H23N3O3/c1-13-7-16(24-20-13)8-15-10-21(11-17(15)22)12-18(23)19-9-14-5-3-2-4-6-14/h2-7,15,17,22H,8-12H2,1H3,(H,19,23). The first-order valence-corrected chi connectivity index (χ1v) is 8.23. The molecule has 2 N–H and O–H groups in total. The summed E-state index contributed by atoms with van der Waals surface area (Å²) in [5.41, 5.74) is 1.92. The summed E-state index contributed by atoms with van der Waals surface area (Å²) in [6.45, 7) is 3.89. The molecule has 24 heavy (non-hydrogen) atoms. The monoisotopic (exact) mass is 329 g/mol. The number of β-amino-alcohol motifs (C(OH)–C–C–N with tert-alkyl or cyclic N) is 1. The van der Waals surface area contributed by atoms with Crippen LogP contribution in [-0.2, 0) is 17.8 Å². The third-order valence-corrected chi connectivity index (χ3v) is 4.32. The van der Waals surface area contributed by atoms with E-state index in [1.807, 2.05) is 48.2 Å². The van der Waals surface area contributed by atoms with Gasteiger partial charge in [-0.15, -0.1) is 0 Å². The molecule has 0 aliphatic carbocycles. The molecule has 1 aromatic heterocycles. The summed E-state index contributed by atoms with van der Waals surface area (Å²) < 4.78 is 5.22. The molecule has 2 unspecified atom stereocenters. The average Bonchev–Trinajstić information content (AvgIpc) is 3.12. The van der Waals surface area contributed by atoms with Crippen LogP contribution in [0.25, 0.3) is 0 Å². The third kappa shape index (κ3) is 4.43. The second-order valence-electron chi connectivity index (χ2n) is 6.42. The van der Waals surface area contributed by atoms with Crippen LogP contribution in [-0.4, -0.2) is 46.8 Å². The molecule has 0 saturated carbocycles. The fraction of sp³-hybridized carbons (Fsp3) is 0.444. The predicted octanol–water partition coefficient (Wildman–Crippen LogP) is 1.13. The molecule has 6 heteroatoms. The van der Waals surface area contributed by atoms with Crippen molar-refractivity contribution in [3.63, 3.8) is 0 Å².